The third kappa shape index (κ3) is 2.45. The van der Waals surface area contributed by atoms with E-state index >= 15 is 0 Å². The summed E-state index contributed by atoms with van der Waals surface area (Å²) >= 11 is 0. The molecule has 0 aromatic heterocycles. The Kier molecular flexibility index (Phi) is 4.17. The summed E-state index contributed by atoms with van der Waals surface area (Å²) < 4.78 is 9.67. The molecule has 0 spiro atoms. The molecule has 0 bridgehead atoms. The summed E-state index contributed by atoms with van der Waals surface area (Å²) in [5.74, 6) is -0.0371. The van der Waals surface area contributed by atoms with E-state index in [1.54, 1.807) is 6.07 Å². The number of aryl methyl sites for hydroxylation is 1. The SMILES string of the molecule is CCCc1cc(OC)cc(C(=O)OC)c1O. The van der Waals surface area contributed by atoms with Crippen LogP contribution in [0.4, 0.5) is 0 Å². The normalized spacial score (nSPS) is 9.94. The zero-order valence-electron chi connectivity index (χ0n) is 9.74. The molecule has 0 saturated heterocycles. The number of rotatable bonds is 4. The van der Waals surface area contributed by atoms with E-state index in [-0.39, 0.29) is 11.3 Å². The molecule has 0 unspecified atom stereocenters. The summed E-state index contributed by atoms with van der Waals surface area (Å²) in [6.07, 6.45) is 1.56. The molecular formula is C12H16O4. The maximum Gasteiger partial charge on any atom is 0.341 e. The Morgan fingerprint density at radius 2 is 2.06 bits per heavy atom. The minimum absolute atomic E-state index is 0.0190. The zero-order chi connectivity index (χ0) is 12.1. The van der Waals surface area contributed by atoms with Crippen LogP contribution in [-0.4, -0.2) is 25.3 Å². The zero-order valence-corrected chi connectivity index (χ0v) is 9.74. The van der Waals surface area contributed by atoms with Gasteiger partial charge in [0, 0.05) is 0 Å². The van der Waals surface area contributed by atoms with Crippen LogP contribution in [0.3, 0.4) is 0 Å². The Balaban J connectivity index is 3.25. The second-order valence-corrected chi connectivity index (χ2v) is 3.42. The number of ether oxygens (including phenoxy) is 2. The fourth-order valence-electron chi connectivity index (χ4n) is 1.51. The first-order chi connectivity index (χ1) is 7.63. The third-order valence-corrected chi connectivity index (χ3v) is 2.32. The highest BCUT2D eigenvalue weighted by molar-refractivity contribution is 5.93. The number of carbonyl (C=O) groups is 1. The second-order valence-electron chi connectivity index (χ2n) is 3.42. The van der Waals surface area contributed by atoms with Gasteiger partial charge in [0.15, 0.2) is 0 Å². The van der Waals surface area contributed by atoms with Crippen molar-refractivity contribution < 1.29 is 19.4 Å². The number of carbonyl (C=O) groups excluding carboxylic acids is 1. The molecule has 0 aliphatic heterocycles. The molecular weight excluding hydrogens is 208 g/mol. The average Bonchev–Trinajstić information content (AvgIpc) is 2.31. The van der Waals surface area contributed by atoms with E-state index in [1.807, 2.05) is 6.92 Å². The minimum atomic E-state index is -0.561. The summed E-state index contributed by atoms with van der Waals surface area (Å²) in [4.78, 5) is 11.4. The minimum Gasteiger partial charge on any atom is -0.507 e. The van der Waals surface area contributed by atoms with Crippen molar-refractivity contribution in [1.29, 1.82) is 0 Å². The van der Waals surface area contributed by atoms with Gasteiger partial charge in [0.1, 0.15) is 17.1 Å². The van der Waals surface area contributed by atoms with Crippen LogP contribution in [0.5, 0.6) is 11.5 Å². The number of hydrogen-bond donors (Lipinski definition) is 1. The predicted molar refractivity (Wildman–Crippen MR) is 60.0 cm³/mol. The Bertz CT molecular complexity index is 385. The summed E-state index contributed by atoms with van der Waals surface area (Å²) in [5.41, 5.74) is 0.840. The largest absolute Gasteiger partial charge is 0.507 e. The van der Waals surface area contributed by atoms with Gasteiger partial charge in [-0.1, -0.05) is 13.3 Å². The molecule has 0 aliphatic rings. The van der Waals surface area contributed by atoms with Crippen LogP contribution in [0.15, 0.2) is 12.1 Å². The summed E-state index contributed by atoms with van der Waals surface area (Å²) in [5, 5.41) is 9.89. The molecule has 0 atom stereocenters. The molecule has 4 heteroatoms. The molecule has 4 nitrogen and oxygen atoms in total. The molecule has 1 aromatic carbocycles. The number of phenolic OH excluding ortho intramolecular Hbond substituents is 1. The van der Waals surface area contributed by atoms with Crippen LogP contribution in [0, 0.1) is 0 Å². The van der Waals surface area contributed by atoms with Crippen LogP contribution in [0.1, 0.15) is 29.3 Å². The molecule has 1 aromatic rings. The van der Waals surface area contributed by atoms with Crippen LogP contribution in [-0.2, 0) is 11.2 Å². The predicted octanol–water partition coefficient (Wildman–Crippen LogP) is 2.14. The van der Waals surface area contributed by atoms with Gasteiger partial charge in [-0.15, -0.1) is 0 Å². The Labute approximate surface area is 94.8 Å². The number of esters is 1. The lowest BCUT2D eigenvalue weighted by Crippen LogP contribution is -2.04. The first kappa shape index (κ1) is 12.4. The smallest absolute Gasteiger partial charge is 0.341 e. The van der Waals surface area contributed by atoms with Gasteiger partial charge in [-0.2, -0.15) is 0 Å². The Morgan fingerprint density at radius 1 is 1.38 bits per heavy atom. The molecule has 88 valence electrons. The van der Waals surface area contributed by atoms with Crippen molar-refractivity contribution >= 4 is 5.97 Å². The fourth-order valence-corrected chi connectivity index (χ4v) is 1.51. The van der Waals surface area contributed by atoms with Crippen molar-refractivity contribution in [3.8, 4) is 11.5 Å². The van der Waals surface area contributed by atoms with E-state index in [0.717, 1.165) is 6.42 Å². The maximum atomic E-state index is 11.4. The number of methoxy groups -OCH3 is 2. The van der Waals surface area contributed by atoms with E-state index in [2.05, 4.69) is 4.74 Å². The summed E-state index contributed by atoms with van der Waals surface area (Å²) in [6.45, 7) is 2.00. The van der Waals surface area contributed by atoms with Crippen molar-refractivity contribution in [3.63, 3.8) is 0 Å². The van der Waals surface area contributed by atoms with Gasteiger partial charge in [-0.3, -0.25) is 0 Å². The van der Waals surface area contributed by atoms with Crippen LogP contribution >= 0.6 is 0 Å². The molecule has 0 radical (unpaired) electrons. The van der Waals surface area contributed by atoms with Crippen molar-refractivity contribution in [2.24, 2.45) is 0 Å². The molecule has 0 aliphatic carbocycles. The number of aromatic hydroxyl groups is 1. The van der Waals surface area contributed by atoms with Crippen LogP contribution in [0.25, 0.3) is 0 Å². The summed E-state index contributed by atoms with van der Waals surface area (Å²) in [7, 11) is 2.80. The van der Waals surface area contributed by atoms with Crippen molar-refractivity contribution in [3.05, 3.63) is 23.3 Å². The van der Waals surface area contributed by atoms with Gasteiger partial charge in [0.2, 0.25) is 0 Å². The quantitative estimate of drug-likeness (QED) is 0.796. The van der Waals surface area contributed by atoms with E-state index in [4.69, 9.17) is 4.74 Å². The topological polar surface area (TPSA) is 55.8 Å². The highest BCUT2D eigenvalue weighted by atomic mass is 16.5. The monoisotopic (exact) mass is 224 g/mol. The molecule has 0 amide bonds. The first-order valence-electron chi connectivity index (χ1n) is 5.12. The molecule has 1 rings (SSSR count). The van der Waals surface area contributed by atoms with Gasteiger partial charge in [-0.05, 0) is 24.1 Å². The fraction of sp³-hybridized carbons (Fsp3) is 0.417. The number of hydrogen-bond acceptors (Lipinski definition) is 4. The number of benzene rings is 1. The van der Waals surface area contributed by atoms with Crippen LogP contribution in [0.2, 0.25) is 0 Å². The van der Waals surface area contributed by atoms with Gasteiger partial charge >= 0.3 is 5.97 Å². The second kappa shape index (κ2) is 5.39. The lowest BCUT2D eigenvalue weighted by molar-refractivity contribution is 0.0597. The maximum absolute atomic E-state index is 11.4. The van der Waals surface area contributed by atoms with E-state index in [0.29, 0.717) is 17.7 Å². The highest BCUT2D eigenvalue weighted by Crippen LogP contribution is 2.29. The standard InChI is InChI=1S/C12H16O4/c1-4-5-8-6-9(15-2)7-10(11(8)13)12(14)16-3/h6-7,13H,4-5H2,1-3H3. The molecule has 16 heavy (non-hydrogen) atoms. The Morgan fingerprint density at radius 3 is 2.56 bits per heavy atom. The highest BCUT2D eigenvalue weighted by Gasteiger charge is 2.16. The molecule has 0 saturated carbocycles. The van der Waals surface area contributed by atoms with Gasteiger partial charge < -0.3 is 14.6 Å². The average molecular weight is 224 g/mol. The Hall–Kier alpha value is -1.71. The van der Waals surface area contributed by atoms with Crippen molar-refractivity contribution in [2.45, 2.75) is 19.8 Å². The van der Waals surface area contributed by atoms with E-state index in [9.17, 15) is 9.90 Å². The lowest BCUT2D eigenvalue weighted by atomic mass is 10.0. The van der Waals surface area contributed by atoms with Gasteiger partial charge in [-0.25, -0.2) is 4.79 Å². The molecule has 0 heterocycles. The first-order valence-corrected chi connectivity index (χ1v) is 5.12. The van der Waals surface area contributed by atoms with Crippen molar-refractivity contribution in [2.75, 3.05) is 14.2 Å². The van der Waals surface area contributed by atoms with Gasteiger partial charge in [0.05, 0.1) is 14.2 Å². The number of phenols is 1. The van der Waals surface area contributed by atoms with Gasteiger partial charge in [0.25, 0.3) is 0 Å². The van der Waals surface area contributed by atoms with E-state index in [1.165, 1.54) is 20.3 Å². The molecule has 1 N–H and O–H groups in total. The summed E-state index contributed by atoms with van der Waals surface area (Å²) in [6, 6.07) is 3.20. The lowest BCUT2D eigenvalue weighted by Gasteiger charge is -2.10. The molecule has 0 fully saturated rings. The van der Waals surface area contributed by atoms with E-state index < -0.39 is 5.97 Å². The van der Waals surface area contributed by atoms with Crippen LogP contribution < -0.4 is 4.74 Å². The third-order valence-electron chi connectivity index (χ3n) is 2.32. The van der Waals surface area contributed by atoms with Crippen molar-refractivity contribution in [1.82, 2.24) is 0 Å².